The molecule has 0 aromatic carbocycles. The zero-order valence-corrected chi connectivity index (χ0v) is 7.80. The molecule has 1 aromatic heterocycles. The van der Waals surface area contributed by atoms with Crippen molar-refractivity contribution >= 4 is 12.3 Å². The number of hydrogen-bond acceptors (Lipinski definition) is 4. The predicted octanol–water partition coefficient (Wildman–Crippen LogP) is 1.16. The molecule has 0 bridgehead atoms. The maximum absolute atomic E-state index is 10.8. The van der Waals surface area contributed by atoms with Gasteiger partial charge in [-0.3, -0.25) is 4.98 Å². The van der Waals surface area contributed by atoms with Crippen LogP contribution in [0.4, 0.5) is 4.79 Å². The Hall–Kier alpha value is -1.91. The molecule has 0 aliphatic heterocycles. The van der Waals surface area contributed by atoms with E-state index in [4.69, 9.17) is 0 Å². The molecule has 1 amide bonds. The maximum Gasteiger partial charge on any atom is 0.427 e. The number of carbonyl (C=O) groups is 1. The largest absolute Gasteiger partial charge is 0.449 e. The van der Waals surface area contributed by atoms with E-state index in [1.807, 2.05) is 0 Å². The molecule has 1 rings (SSSR count). The average molecular weight is 193 g/mol. The number of rotatable bonds is 3. The Kier molecular flexibility index (Phi) is 4.13. The molecule has 0 fully saturated rings. The molecule has 0 aliphatic carbocycles. The Labute approximate surface area is 81.8 Å². The third kappa shape index (κ3) is 3.66. The van der Waals surface area contributed by atoms with Crippen molar-refractivity contribution in [3.8, 4) is 0 Å². The van der Waals surface area contributed by atoms with Crippen molar-refractivity contribution in [3.63, 3.8) is 0 Å². The van der Waals surface area contributed by atoms with Crippen LogP contribution < -0.4 is 5.43 Å². The highest BCUT2D eigenvalue weighted by Gasteiger charge is 1.94. The van der Waals surface area contributed by atoms with E-state index in [0.717, 1.165) is 5.56 Å². The second kappa shape index (κ2) is 5.69. The minimum Gasteiger partial charge on any atom is -0.449 e. The van der Waals surface area contributed by atoms with Crippen LogP contribution in [-0.2, 0) is 4.74 Å². The lowest BCUT2D eigenvalue weighted by Crippen LogP contribution is -2.18. The number of nitrogens with one attached hydrogen (secondary N) is 1. The number of nitrogens with zero attached hydrogens (tertiary/aromatic N) is 2. The Bertz CT molecular complexity index is 311. The van der Waals surface area contributed by atoms with Crippen molar-refractivity contribution < 1.29 is 9.53 Å². The molecule has 0 radical (unpaired) electrons. The molecule has 1 N–H and O–H groups in total. The molecule has 0 unspecified atom stereocenters. The van der Waals surface area contributed by atoms with Crippen molar-refractivity contribution in [2.45, 2.75) is 6.92 Å². The van der Waals surface area contributed by atoms with Crippen LogP contribution >= 0.6 is 0 Å². The Morgan fingerprint density at radius 1 is 1.64 bits per heavy atom. The van der Waals surface area contributed by atoms with Gasteiger partial charge in [0.1, 0.15) is 0 Å². The van der Waals surface area contributed by atoms with Crippen LogP contribution in [0.1, 0.15) is 12.5 Å². The van der Waals surface area contributed by atoms with Gasteiger partial charge in [-0.25, -0.2) is 10.2 Å². The minimum atomic E-state index is -0.558. The van der Waals surface area contributed by atoms with Crippen molar-refractivity contribution in [2.24, 2.45) is 5.10 Å². The van der Waals surface area contributed by atoms with Crippen LogP contribution in [0, 0.1) is 0 Å². The quantitative estimate of drug-likeness (QED) is 0.578. The molecule has 5 heteroatoms. The van der Waals surface area contributed by atoms with Crippen molar-refractivity contribution in [1.29, 1.82) is 0 Å². The van der Waals surface area contributed by atoms with E-state index in [-0.39, 0.29) is 0 Å². The van der Waals surface area contributed by atoms with Gasteiger partial charge >= 0.3 is 6.09 Å². The first kappa shape index (κ1) is 10.2. The van der Waals surface area contributed by atoms with Gasteiger partial charge in [0.05, 0.1) is 12.8 Å². The van der Waals surface area contributed by atoms with E-state index in [2.05, 4.69) is 20.2 Å². The Balaban J connectivity index is 2.38. The SMILES string of the molecule is CCOC(=O)N/N=C\c1ccncc1. The topological polar surface area (TPSA) is 63.6 Å². The zero-order chi connectivity index (χ0) is 10.2. The summed E-state index contributed by atoms with van der Waals surface area (Å²) < 4.78 is 4.60. The van der Waals surface area contributed by atoms with Crippen LogP contribution in [0.25, 0.3) is 0 Å². The molecular weight excluding hydrogens is 182 g/mol. The predicted molar refractivity (Wildman–Crippen MR) is 52.0 cm³/mol. The van der Waals surface area contributed by atoms with E-state index < -0.39 is 6.09 Å². The first-order valence-corrected chi connectivity index (χ1v) is 4.18. The lowest BCUT2D eigenvalue weighted by molar-refractivity contribution is 0.152. The molecule has 0 saturated heterocycles. The van der Waals surface area contributed by atoms with Gasteiger partial charge in [-0.15, -0.1) is 0 Å². The van der Waals surface area contributed by atoms with Crippen LogP contribution in [0.2, 0.25) is 0 Å². The summed E-state index contributed by atoms with van der Waals surface area (Å²) in [7, 11) is 0. The van der Waals surface area contributed by atoms with E-state index in [1.165, 1.54) is 6.21 Å². The fraction of sp³-hybridized carbons (Fsp3) is 0.222. The summed E-state index contributed by atoms with van der Waals surface area (Å²) in [6, 6.07) is 3.55. The summed E-state index contributed by atoms with van der Waals surface area (Å²) in [5.41, 5.74) is 3.08. The summed E-state index contributed by atoms with van der Waals surface area (Å²) in [4.78, 5) is 14.6. The summed E-state index contributed by atoms with van der Waals surface area (Å²) >= 11 is 0. The number of hydrazone groups is 1. The third-order valence-corrected chi connectivity index (χ3v) is 1.35. The molecule has 1 heterocycles. The van der Waals surface area contributed by atoms with Crippen molar-refractivity contribution in [2.75, 3.05) is 6.61 Å². The van der Waals surface area contributed by atoms with Crippen LogP contribution in [0.5, 0.6) is 0 Å². The molecule has 14 heavy (non-hydrogen) atoms. The highest BCUT2D eigenvalue weighted by molar-refractivity contribution is 5.80. The van der Waals surface area contributed by atoms with E-state index in [1.54, 1.807) is 31.5 Å². The maximum atomic E-state index is 10.8. The number of hydrogen-bond donors (Lipinski definition) is 1. The molecular formula is C9H11N3O2. The summed E-state index contributed by atoms with van der Waals surface area (Å²) in [6.07, 6.45) is 4.24. The second-order valence-corrected chi connectivity index (χ2v) is 2.37. The standard InChI is InChI=1S/C9H11N3O2/c1-2-14-9(13)12-11-7-8-3-5-10-6-4-8/h3-7H,2H2,1H3,(H,12,13)/b11-7-. The fourth-order valence-electron chi connectivity index (χ4n) is 0.772. The van der Waals surface area contributed by atoms with Gasteiger partial charge in [-0.1, -0.05) is 0 Å². The molecule has 74 valence electrons. The highest BCUT2D eigenvalue weighted by atomic mass is 16.5. The van der Waals surface area contributed by atoms with Gasteiger partial charge in [0.25, 0.3) is 0 Å². The zero-order valence-electron chi connectivity index (χ0n) is 7.80. The van der Waals surface area contributed by atoms with Gasteiger partial charge in [0, 0.05) is 12.4 Å². The summed E-state index contributed by atoms with van der Waals surface area (Å²) in [5.74, 6) is 0. The molecule has 1 aromatic rings. The van der Waals surface area contributed by atoms with Gasteiger partial charge in [-0.05, 0) is 24.6 Å². The second-order valence-electron chi connectivity index (χ2n) is 2.37. The summed E-state index contributed by atoms with van der Waals surface area (Å²) in [5, 5.41) is 3.68. The molecule has 0 aliphatic rings. The van der Waals surface area contributed by atoms with Crippen LogP contribution in [-0.4, -0.2) is 23.9 Å². The minimum absolute atomic E-state index is 0.330. The summed E-state index contributed by atoms with van der Waals surface area (Å²) in [6.45, 7) is 2.06. The Morgan fingerprint density at radius 2 is 2.36 bits per heavy atom. The lowest BCUT2D eigenvalue weighted by Gasteiger charge is -1.98. The lowest BCUT2D eigenvalue weighted by atomic mass is 10.3. The monoisotopic (exact) mass is 193 g/mol. The van der Waals surface area contributed by atoms with E-state index in [9.17, 15) is 4.79 Å². The average Bonchev–Trinajstić information content (AvgIpc) is 2.20. The molecule has 0 atom stereocenters. The fourth-order valence-corrected chi connectivity index (χ4v) is 0.772. The normalized spacial score (nSPS) is 10.1. The highest BCUT2D eigenvalue weighted by Crippen LogP contribution is 1.90. The number of carbonyl (C=O) groups excluding carboxylic acids is 1. The van der Waals surface area contributed by atoms with Crippen molar-refractivity contribution in [1.82, 2.24) is 10.4 Å². The Morgan fingerprint density at radius 3 is 3.00 bits per heavy atom. The van der Waals surface area contributed by atoms with E-state index in [0.29, 0.717) is 6.61 Å². The first-order valence-electron chi connectivity index (χ1n) is 4.18. The third-order valence-electron chi connectivity index (χ3n) is 1.35. The van der Waals surface area contributed by atoms with Crippen LogP contribution in [0.15, 0.2) is 29.6 Å². The van der Waals surface area contributed by atoms with E-state index >= 15 is 0 Å². The van der Waals surface area contributed by atoms with Gasteiger partial charge < -0.3 is 4.74 Å². The number of amides is 1. The molecule has 0 saturated carbocycles. The first-order chi connectivity index (χ1) is 6.83. The molecule has 0 spiro atoms. The number of aromatic nitrogens is 1. The molecule has 5 nitrogen and oxygen atoms in total. The van der Waals surface area contributed by atoms with Gasteiger partial charge in [0.15, 0.2) is 0 Å². The van der Waals surface area contributed by atoms with Gasteiger partial charge in [-0.2, -0.15) is 5.10 Å². The smallest absolute Gasteiger partial charge is 0.427 e. The number of ether oxygens (including phenoxy) is 1. The number of pyridine rings is 1. The van der Waals surface area contributed by atoms with Crippen LogP contribution in [0.3, 0.4) is 0 Å². The van der Waals surface area contributed by atoms with Crippen molar-refractivity contribution in [3.05, 3.63) is 30.1 Å². The van der Waals surface area contributed by atoms with Gasteiger partial charge in [0.2, 0.25) is 0 Å².